The van der Waals surface area contributed by atoms with Crippen molar-refractivity contribution >= 4 is 34.3 Å². The van der Waals surface area contributed by atoms with Gasteiger partial charge in [0.1, 0.15) is 0 Å². The van der Waals surface area contributed by atoms with Crippen LogP contribution in [-0.2, 0) is 0 Å². The van der Waals surface area contributed by atoms with Gasteiger partial charge in [-0.05, 0) is 34.5 Å². The van der Waals surface area contributed by atoms with E-state index in [-0.39, 0.29) is 0 Å². The predicted molar refractivity (Wildman–Crippen MR) is 92.7 cm³/mol. The van der Waals surface area contributed by atoms with Gasteiger partial charge in [0.2, 0.25) is 0 Å². The van der Waals surface area contributed by atoms with Crippen molar-refractivity contribution in [2.24, 2.45) is 0 Å². The minimum Gasteiger partial charge on any atom is -0.380 e. The van der Waals surface area contributed by atoms with E-state index in [0.717, 1.165) is 6.54 Å². The number of hydrogen-bond acceptors (Lipinski definition) is 2. The second-order valence-electron chi connectivity index (χ2n) is 5.13. The first-order valence-electron chi connectivity index (χ1n) is 7.09. The van der Waals surface area contributed by atoms with Crippen LogP contribution in [0.15, 0.2) is 76.5 Å². The van der Waals surface area contributed by atoms with Crippen molar-refractivity contribution in [3.8, 4) is 0 Å². The number of fused-ring (bicyclic) bond motifs is 2. The average molecular weight is 289 g/mol. The molecule has 1 heterocycles. The summed E-state index contributed by atoms with van der Waals surface area (Å²) in [6.07, 6.45) is 2.30. The summed E-state index contributed by atoms with van der Waals surface area (Å²) < 4.78 is 0. The zero-order chi connectivity index (χ0) is 14.1. The van der Waals surface area contributed by atoms with Gasteiger partial charge < -0.3 is 5.32 Å². The Morgan fingerprint density at radius 2 is 1.67 bits per heavy atom. The molecule has 21 heavy (non-hydrogen) atoms. The molecule has 0 saturated heterocycles. The molecule has 2 heteroatoms. The van der Waals surface area contributed by atoms with Crippen molar-refractivity contribution in [2.45, 2.75) is 4.90 Å². The first-order chi connectivity index (χ1) is 10.4. The maximum absolute atomic E-state index is 3.49. The standard InChI is InChI=1S/C19H15NS/c1-2-9-17-14(6-1)7-5-8-15(17)12-16-13-20-18-10-3-4-11-19(18)21-16/h1-12,20H,13H2/b16-12+. The monoisotopic (exact) mass is 289 g/mol. The minimum atomic E-state index is 0.894. The third-order valence-corrected chi connectivity index (χ3v) is 4.82. The summed E-state index contributed by atoms with van der Waals surface area (Å²) in [5.41, 5.74) is 2.52. The summed E-state index contributed by atoms with van der Waals surface area (Å²) >= 11 is 1.86. The molecule has 1 aliphatic heterocycles. The summed E-state index contributed by atoms with van der Waals surface area (Å²) in [4.78, 5) is 2.65. The van der Waals surface area contributed by atoms with E-state index in [2.05, 4.69) is 78.1 Å². The fraction of sp³-hybridized carbons (Fsp3) is 0.0526. The Balaban J connectivity index is 1.75. The summed E-state index contributed by atoms with van der Waals surface area (Å²) in [6.45, 7) is 0.894. The van der Waals surface area contributed by atoms with Crippen LogP contribution in [0.1, 0.15) is 5.56 Å². The number of hydrogen-bond donors (Lipinski definition) is 1. The van der Waals surface area contributed by atoms with E-state index in [0.29, 0.717) is 0 Å². The van der Waals surface area contributed by atoms with Gasteiger partial charge in [-0.1, -0.05) is 66.4 Å². The van der Waals surface area contributed by atoms with Crippen LogP contribution in [0.25, 0.3) is 16.8 Å². The van der Waals surface area contributed by atoms with E-state index < -0.39 is 0 Å². The van der Waals surface area contributed by atoms with Crippen molar-refractivity contribution in [3.05, 3.63) is 77.2 Å². The second kappa shape index (κ2) is 5.30. The van der Waals surface area contributed by atoms with Crippen LogP contribution < -0.4 is 5.32 Å². The molecule has 0 bridgehead atoms. The zero-order valence-electron chi connectivity index (χ0n) is 11.5. The number of thioether (sulfide) groups is 1. The summed E-state index contributed by atoms with van der Waals surface area (Å²) in [5.74, 6) is 0. The lowest BCUT2D eigenvalue weighted by Gasteiger charge is -2.20. The third kappa shape index (κ3) is 2.43. The number of benzene rings is 3. The molecule has 0 aliphatic carbocycles. The van der Waals surface area contributed by atoms with Gasteiger partial charge in [-0.2, -0.15) is 0 Å². The van der Waals surface area contributed by atoms with Crippen LogP contribution in [0, 0.1) is 0 Å². The van der Waals surface area contributed by atoms with Gasteiger partial charge >= 0.3 is 0 Å². The molecular weight excluding hydrogens is 274 g/mol. The van der Waals surface area contributed by atoms with Crippen molar-refractivity contribution in [1.29, 1.82) is 0 Å². The fourth-order valence-electron chi connectivity index (χ4n) is 2.69. The van der Waals surface area contributed by atoms with Gasteiger partial charge in [-0.25, -0.2) is 0 Å². The quantitative estimate of drug-likeness (QED) is 0.644. The van der Waals surface area contributed by atoms with Gasteiger partial charge in [-0.15, -0.1) is 0 Å². The van der Waals surface area contributed by atoms with Crippen LogP contribution in [0.2, 0.25) is 0 Å². The van der Waals surface area contributed by atoms with Gasteiger partial charge in [0.15, 0.2) is 0 Å². The van der Waals surface area contributed by atoms with Gasteiger partial charge in [0, 0.05) is 22.0 Å². The Labute approximate surface area is 128 Å². The van der Waals surface area contributed by atoms with Gasteiger partial charge in [-0.3, -0.25) is 0 Å². The molecule has 0 spiro atoms. The maximum atomic E-state index is 3.49. The van der Waals surface area contributed by atoms with E-state index in [4.69, 9.17) is 0 Å². The lowest BCUT2D eigenvalue weighted by molar-refractivity contribution is 1.25. The Bertz CT molecular complexity index is 830. The highest BCUT2D eigenvalue weighted by Gasteiger charge is 2.12. The van der Waals surface area contributed by atoms with E-state index in [1.54, 1.807) is 0 Å². The highest BCUT2D eigenvalue weighted by Crippen LogP contribution is 2.38. The van der Waals surface area contributed by atoms with Crippen LogP contribution >= 0.6 is 11.8 Å². The average Bonchev–Trinajstić information content (AvgIpc) is 2.55. The number of rotatable bonds is 1. The molecule has 1 N–H and O–H groups in total. The highest BCUT2D eigenvalue weighted by molar-refractivity contribution is 8.03. The Hall–Kier alpha value is -2.19. The molecule has 0 radical (unpaired) electrons. The van der Waals surface area contributed by atoms with E-state index in [1.165, 1.54) is 31.8 Å². The first kappa shape index (κ1) is 12.5. The van der Waals surface area contributed by atoms with E-state index in [1.807, 2.05) is 11.8 Å². The molecule has 1 nitrogen and oxygen atoms in total. The van der Waals surface area contributed by atoms with Crippen LogP contribution in [0.5, 0.6) is 0 Å². The number of anilines is 1. The second-order valence-corrected chi connectivity index (χ2v) is 6.30. The molecule has 0 amide bonds. The normalized spacial score (nSPS) is 15.7. The topological polar surface area (TPSA) is 12.0 Å². The van der Waals surface area contributed by atoms with Gasteiger partial charge in [0.25, 0.3) is 0 Å². The summed E-state index contributed by atoms with van der Waals surface area (Å²) in [6, 6.07) is 23.5. The molecule has 0 fully saturated rings. The SMILES string of the molecule is C(=C1/CNc2ccccc2S1)/c1cccc2ccccc12. The van der Waals surface area contributed by atoms with E-state index in [9.17, 15) is 0 Å². The molecule has 3 aromatic carbocycles. The van der Waals surface area contributed by atoms with Crippen molar-refractivity contribution in [1.82, 2.24) is 0 Å². The largest absolute Gasteiger partial charge is 0.380 e. The molecule has 102 valence electrons. The minimum absolute atomic E-state index is 0.894. The summed E-state index contributed by atoms with van der Waals surface area (Å²) in [7, 11) is 0. The van der Waals surface area contributed by atoms with Crippen LogP contribution in [0.3, 0.4) is 0 Å². The Kier molecular flexibility index (Phi) is 3.17. The van der Waals surface area contributed by atoms with Gasteiger partial charge in [0.05, 0.1) is 0 Å². The molecule has 1 aliphatic rings. The third-order valence-electron chi connectivity index (χ3n) is 3.72. The number of para-hydroxylation sites is 1. The van der Waals surface area contributed by atoms with Crippen LogP contribution in [0.4, 0.5) is 5.69 Å². The van der Waals surface area contributed by atoms with E-state index >= 15 is 0 Å². The predicted octanol–water partition coefficient (Wildman–Crippen LogP) is 5.40. The molecule has 0 unspecified atom stereocenters. The summed E-state index contributed by atoms with van der Waals surface area (Å²) in [5, 5.41) is 6.10. The smallest absolute Gasteiger partial charge is 0.0484 e. The number of nitrogens with one attached hydrogen (secondary N) is 1. The van der Waals surface area contributed by atoms with Crippen molar-refractivity contribution in [3.63, 3.8) is 0 Å². The zero-order valence-corrected chi connectivity index (χ0v) is 12.4. The molecule has 4 rings (SSSR count). The molecule has 0 aromatic heterocycles. The van der Waals surface area contributed by atoms with Crippen molar-refractivity contribution < 1.29 is 0 Å². The Morgan fingerprint density at radius 1 is 0.857 bits per heavy atom. The maximum Gasteiger partial charge on any atom is 0.0484 e. The molecule has 3 aromatic rings. The lowest BCUT2D eigenvalue weighted by atomic mass is 10.0. The fourth-order valence-corrected chi connectivity index (χ4v) is 3.70. The molecular formula is C19H15NS. The first-order valence-corrected chi connectivity index (χ1v) is 7.91. The molecule has 0 atom stereocenters. The molecule has 0 saturated carbocycles. The highest BCUT2D eigenvalue weighted by atomic mass is 32.2. The Morgan fingerprint density at radius 3 is 2.67 bits per heavy atom. The van der Waals surface area contributed by atoms with Crippen LogP contribution in [-0.4, -0.2) is 6.54 Å². The van der Waals surface area contributed by atoms with Crippen molar-refractivity contribution in [2.75, 3.05) is 11.9 Å². The lowest BCUT2D eigenvalue weighted by Crippen LogP contribution is -2.08.